The van der Waals surface area contributed by atoms with Crippen molar-refractivity contribution >= 4 is 0 Å². The molecule has 2 saturated heterocycles. The first-order chi connectivity index (χ1) is 6.86. The minimum absolute atomic E-state index is 0.616. The maximum absolute atomic E-state index is 5.38. The number of hydrogen-bond donors (Lipinski definition) is 1. The second-order valence-corrected chi connectivity index (χ2v) is 4.24. The van der Waals surface area contributed by atoms with Gasteiger partial charge in [0, 0.05) is 45.2 Å². The molecular formula is C11H20N2O. The van der Waals surface area contributed by atoms with E-state index in [2.05, 4.69) is 16.8 Å². The van der Waals surface area contributed by atoms with Crippen LogP contribution in [0.1, 0.15) is 6.42 Å². The highest BCUT2D eigenvalue weighted by Crippen LogP contribution is 2.20. The molecule has 3 heteroatoms. The topological polar surface area (TPSA) is 24.5 Å². The quantitative estimate of drug-likeness (QED) is 0.665. The van der Waals surface area contributed by atoms with Crippen molar-refractivity contribution in [3.63, 3.8) is 0 Å². The standard InChI is InChI=1S/C11H20N2O/c1-10(11-2-7-14-9-11)8-13-5-3-12-4-6-13/h11-12H,1-9H2. The Bertz CT molecular complexity index is 193. The third kappa shape index (κ3) is 2.56. The molecule has 2 heterocycles. The fourth-order valence-electron chi connectivity index (χ4n) is 2.14. The molecular weight excluding hydrogens is 176 g/mol. The second kappa shape index (κ2) is 4.91. The van der Waals surface area contributed by atoms with Crippen molar-refractivity contribution in [1.29, 1.82) is 0 Å². The van der Waals surface area contributed by atoms with Gasteiger partial charge in [-0.3, -0.25) is 4.90 Å². The van der Waals surface area contributed by atoms with Crippen LogP contribution in [0.5, 0.6) is 0 Å². The van der Waals surface area contributed by atoms with E-state index in [0.717, 1.165) is 45.9 Å². The number of hydrogen-bond acceptors (Lipinski definition) is 3. The summed E-state index contributed by atoms with van der Waals surface area (Å²) in [6, 6.07) is 0. The van der Waals surface area contributed by atoms with Crippen LogP contribution in [0.4, 0.5) is 0 Å². The van der Waals surface area contributed by atoms with Crippen molar-refractivity contribution in [1.82, 2.24) is 10.2 Å². The molecule has 2 aliphatic heterocycles. The zero-order chi connectivity index (χ0) is 9.80. The summed E-state index contributed by atoms with van der Waals surface area (Å²) >= 11 is 0. The maximum Gasteiger partial charge on any atom is 0.0532 e. The van der Waals surface area contributed by atoms with Crippen LogP contribution >= 0.6 is 0 Å². The van der Waals surface area contributed by atoms with E-state index in [1.54, 1.807) is 0 Å². The molecule has 0 aliphatic carbocycles. The van der Waals surface area contributed by atoms with Gasteiger partial charge in [-0.25, -0.2) is 0 Å². The summed E-state index contributed by atoms with van der Waals surface area (Å²) in [4.78, 5) is 2.48. The summed E-state index contributed by atoms with van der Waals surface area (Å²) in [5, 5.41) is 3.36. The monoisotopic (exact) mass is 196 g/mol. The molecule has 0 radical (unpaired) electrons. The Morgan fingerprint density at radius 3 is 2.86 bits per heavy atom. The van der Waals surface area contributed by atoms with Gasteiger partial charge < -0.3 is 10.1 Å². The lowest BCUT2D eigenvalue weighted by Crippen LogP contribution is -2.44. The number of piperazine rings is 1. The molecule has 2 rings (SSSR count). The molecule has 2 aliphatic rings. The van der Waals surface area contributed by atoms with E-state index in [4.69, 9.17) is 4.74 Å². The third-order valence-corrected chi connectivity index (χ3v) is 3.14. The van der Waals surface area contributed by atoms with Crippen molar-refractivity contribution in [2.45, 2.75) is 6.42 Å². The molecule has 1 N–H and O–H groups in total. The fourth-order valence-corrected chi connectivity index (χ4v) is 2.14. The lowest BCUT2D eigenvalue weighted by molar-refractivity contribution is 0.187. The van der Waals surface area contributed by atoms with Crippen molar-refractivity contribution in [2.24, 2.45) is 5.92 Å². The minimum atomic E-state index is 0.616. The van der Waals surface area contributed by atoms with Crippen molar-refractivity contribution in [3.05, 3.63) is 12.2 Å². The van der Waals surface area contributed by atoms with Gasteiger partial charge in [0.05, 0.1) is 6.61 Å². The Balaban J connectivity index is 1.75. The summed E-state index contributed by atoms with van der Waals surface area (Å²) in [5.74, 6) is 0.616. The molecule has 1 unspecified atom stereocenters. The van der Waals surface area contributed by atoms with Crippen LogP contribution in [0.3, 0.4) is 0 Å². The van der Waals surface area contributed by atoms with Gasteiger partial charge >= 0.3 is 0 Å². The lowest BCUT2D eigenvalue weighted by Gasteiger charge is -2.29. The average molecular weight is 196 g/mol. The Morgan fingerprint density at radius 2 is 2.21 bits per heavy atom. The molecule has 0 aromatic rings. The lowest BCUT2D eigenvalue weighted by atomic mass is 9.99. The van der Waals surface area contributed by atoms with Gasteiger partial charge in [-0.15, -0.1) is 0 Å². The molecule has 0 spiro atoms. The molecule has 80 valence electrons. The van der Waals surface area contributed by atoms with Crippen LogP contribution in [0, 0.1) is 5.92 Å². The zero-order valence-corrected chi connectivity index (χ0v) is 8.80. The SMILES string of the molecule is C=C(CN1CCNCC1)C1CCOC1. The van der Waals surface area contributed by atoms with Crippen molar-refractivity contribution in [3.8, 4) is 0 Å². The molecule has 3 nitrogen and oxygen atoms in total. The predicted molar refractivity (Wildman–Crippen MR) is 57.4 cm³/mol. The van der Waals surface area contributed by atoms with Gasteiger partial charge in [-0.05, 0) is 6.42 Å². The van der Waals surface area contributed by atoms with Crippen LogP contribution in [0.15, 0.2) is 12.2 Å². The van der Waals surface area contributed by atoms with Gasteiger partial charge in [0.15, 0.2) is 0 Å². The summed E-state index contributed by atoms with van der Waals surface area (Å²) in [7, 11) is 0. The Hall–Kier alpha value is -0.380. The molecule has 0 amide bonds. The minimum Gasteiger partial charge on any atom is -0.381 e. The van der Waals surface area contributed by atoms with E-state index in [9.17, 15) is 0 Å². The summed E-state index contributed by atoms with van der Waals surface area (Å²) in [6.07, 6.45) is 1.17. The highest BCUT2D eigenvalue weighted by Gasteiger charge is 2.20. The van der Waals surface area contributed by atoms with Crippen molar-refractivity contribution < 1.29 is 4.74 Å². The van der Waals surface area contributed by atoms with Gasteiger partial charge in [0.1, 0.15) is 0 Å². The van der Waals surface area contributed by atoms with Gasteiger partial charge in [0.2, 0.25) is 0 Å². The highest BCUT2D eigenvalue weighted by atomic mass is 16.5. The maximum atomic E-state index is 5.38. The molecule has 0 saturated carbocycles. The first kappa shape index (κ1) is 10.1. The van der Waals surface area contributed by atoms with Gasteiger partial charge in [0.25, 0.3) is 0 Å². The molecule has 0 aromatic heterocycles. The van der Waals surface area contributed by atoms with Crippen LogP contribution < -0.4 is 5.32 Å². The van der Waals surface area contributed by atoms with Crippen LogP contribution in [-0.4, -0.2) is 50.8 Å². The van der Waals surface area contributed by atoms with E-state index in [0.29, 0.717) is 5.92 Å². The smallest absolute Gasteiger partial charge is 0.0532 e. The van der Waals surface area contributed by atoms with Crippen molar-refractivity contribution in [2.75, 3.05) is 45.9 Å². The van der Waals surface area contributed by atoms with E-state index < -0.39 is 0 Å². The van der Waals surface area contributed by atoms with Gasteiger partial charge in [-0.1, -0.05) is 12.2 Å². The third-order valence-electron chi connectivity index (χ3n) is 3.14. The van der Waals surface area contributed by atoms with Gasteiger partial charge in [-0.2, -0.15) is 0 Å². The average Bonchev–Trinajstić information content (AvgIpc) is 2.72. The Kier molecular flexibility index (Phi) is 3.56. The number of ether oxygens (including phenoxy) is 1. The molecule has 14 heavy (non-hydrogen) atoms. The van der Waals surface area contributed by atoms with E-state index in [1.807, 2.05) is 0 Å². The van der Waals surface area contributed by atoms with E-state index in [1.165, 1.54) is 12.0 Å². The number of rotatable bonds is 3. The Morgan fingerprint density at radius 1 is 1.43 bits per heavy atom. The largest absolute Gasteiger partial charge is 0.381 e. The van der Waals surface area contributed by atoms with Crippen LogP contribution in [0.25, 0.3) is 0 Å². The van der Waals surface area contributed by atoms with E-state index in [-0.39, 0.29) is 0 Å². The number of nitrogens with one attached hydrogen (secondary N) is 1. The molecule has 0 aromatic carbocycles. The first-order valence-corrected chi connectivity index (χ1v) is 5.55. The highest BCUT2D eigenvalue weighted by molar-refractivity contribution is 5.05. The molecule has 0 bridgehead atoms. The fraction of sp³-hybridized carbons (Fsp3) is 0.818. The predicted octanol–water partition coefficient (Wildman–Crippen LogP) is 0.484. The zero-order valence-electron chi connectivity index (χ0n) is 8.80. The Labute approximate surface area is 86.1 Å². The molecule has 1 atom stereocenters. The van der Waals surface area contributed by atoms with Crippen LogP contribution in [-0.2, 0) is 4.74 Å². The normalized spacial score (nSPS) is 29.3. The van der Waals surface area contributed by atoms with Crippen LogP contribution in [0.2, 0.25) is 0 Å². The first-order valence-electron chi connectivity index (χ1n) is 5.55. The second-order valence-electron chi connectivity index (χ2n) is 4.24. The summed E-state index contributed by atoms with van der Waals surface area (Å²) in [5.41, 5.74) is 1.37. The van der Waals surface area contributed by atoms with E-state index >= 15 is 0 Å². The number of nitrogens with zero attached hydrogens (tertiary/aromatic N) is 1. The molecule has 2 fully saturated rings. The summed E-state index contributed by atoms with van der Waals surface area (Å²) < 4.78 is 5.38. The summed E-state index contributed by atoms with van der Waals surface area (Å²) in [6.45, 7) is 11.6.